The minimum atomic E-state index is -0.0342. The van der Waals surface area contributed by atoms with E-state index in [1.807, 2.05) is 28.0 Å². The molecule has 0 N–H and O–H groups in total. The second kappa shape index (κ2) is 8.47. The molecule has 9 heteroatoms. The van der Waals surface area contributed by atoms with Crippen LogP contribution in [0, 0.1) is 0 Å². The molecule has 2 amide bonds. The smallest absolute Gasteiger partial charge is 0.256 e. The van der Waals surface area contributed by atoms with Gasteiger partial charge in [-0.05, 0) is 41.8 Å². The number of piperidine rings is 1. The van der Waals surface area contributed by atoms with E-state index in [9.17, 15) is 9.59 Å². The first-order chi connectivity index (χ1) is 13.7. The molecule has 0 bridgehead atoms. The van der Waals surface area contributed by atoms with Gasteiger partial charge in [0, 0.05) is 39.3 Å². The molecule has 2 fully saturated rings. The van der Waals surface area contributed by atoms with Crippen molar-refractivity contribution < 1.29 is 9.59 Å². The zero-order valence-corrected chi connectivity index (χ0v) is 15.9. The van der Waals surface area contributed by atoms with E-state index in [4.69, 9.17) is 0 Å². The van der Waals surface area contributed by atoms with E-state index in [-0.39, 0.29) is 11.8 Å². The van der Waals surface area contributed by atoms with Gasteiger partial charge in [0.05, 0.1) is 17.8 Å². The van der Waals surface area contributed by atoms with E-state index in [1.165, 1.54) is 17.4 Å². The van der Waals surface area contributed by atoms with Gasteiger partial charge in [-0.25, -0.2) is 0 Å². The van der Waals surface area contributed by atoms with E-state index in [1.54, 1.807) is 6.07 Å². The van der Waals surface area contributed by atoms with Crippen molar-refractivity contribution in [1.29, 1.82) is 0 Å². The fourth-order valence-electron chi connectivity index (χ4n) is 3.84. The highest BCUT2D eigenvalue weighted by Gasteiger charge is 2.26. The van der Waals surface area contributed by atoms with Crippen LogP contribution in [0.3, 0.4) is 0 Å². The van der Waals surface area contributed by atoms with Crippen molar-refractivity contribution in [3.63, 3.8) is 0 Å². The van der Waals surface area contributed by atoms with Crippen molar-refractivity contribution in [2.75, 3.05) is 45.8 Å². The van der Waals surface area contributed by atoms with Gasteiger partial charge in [0.1, 0.15) is 6.33 Å². The molecule has 1 aromatic heterocycles. The summed E-state index contributed by atoms with van der Waals surface area (Å²) in [5.41, 5.74) is 1.24. The Bertz CT molecular complexity index is 809. The van der Waals surface area contributed by atoms with Crippen molar-refractivity contribution in [2.45, 2.75) is 19.3 Å². The minimum Gasteiger partial charge on any atom is -0.342 e. The van der Waals surface area contributed by atoms with E-state index in [0.29, 0.717) is 44.0 Å². The number of piperazine rings is 1. The Morgan fingerprint density at radius 3 is 2.36 bits per heavy atom. The molecule has 0 spiro atoms. The Labute approximate surface area is 163 Å². The monoisotopic (exact) mass is 383 g/mol. The van der Waals surface area contributed by atoms with Crippen LogP contribution in [0.1, 0.15) is 29.6 Å². The van der Waals surface area contributed by atoms with Crippen molar-refractivity contribution in [3.05, 3.63) is 36.2 Å². The van der Waals surface area contributed by atoms with Crippen molar-refractivity contribution in [1.82, 2.24) is 34.9 Å². The number of carbonyl (C=O) groups is 2. The standard InChI is InChI=1S/C19H25N7O2/c27-18(24-8-4-1-5-9-24)14-23-10-12-25(13-11-23)19(28)16-6-2-3-7-17(16)26-15-20-21-22-26/h2-3,6-7,15H,1,4-5,8-14H2. The second-order valence-corrected chi connectivity index (χ2v) is 7.28. The molecular weight excluding hydrogens is 358 g/mol. The van der Waals surface area contributed by atoms with E-state index in [0.717, 1.165) is 25.9 Å². The summed E-state index contributed by atoms with van der Waals surface area (Å²) in [7, 11) is 0. The molecule has 1 aromatic carbocycles. The molecule has 9 nitrogen and oxygen atoms in total. The van der Waals surface area contributed by atoms with Crippen LogP contribution in [0.5, 0.6) is 0 Å². The lowest BCUT2D eigenvalue weighted by atomic mass is 10.1. The van der Waals surface area contributed by atoms with Gasteiger partial charge in [-0.3, -0.25) is 14.5 Å². The van der Waals surface area contributed by atoms with Gasteiger partial charge in [-0.2, -0.15) is 4.68 Å². The van der Waals surface area contributed by atoms with E-state index >= 15 is 0 Å². The molecule has 0 atom stereocenters. The Hall–Kier alpha value is -2.81. The van der Waals surface area contributed by atoms with Crippen molar-refractivity contribution in [2.24, 2.45) is 0 Å². The predicted octanol–water partition coefficient (Wildman–Crippen LogP) is 0.433. The van der Waals surface area contributed by atoms with Gasteiger partial charge < -0.3 is 9.80 Å². The summed E-state index contributed by atoms with van der Waals surface area (Å²) in [5, 5.41) is 11.2. The molecular formula is C19H25N7O2. The van der Waals surface area contributed by atoms with Gasteiger partial charge in [-0.1, -0.05) is 12.1 Å². The number of carbonyl (C=O) groups excluding carboxylic acids is 2. The molecule has 2 aliphatic heterocycles. The third kappa shape index (κ3) is 4.04. The fraction of sp³-hybridized carbons (Fsp3) is 0.526. The quantitative estimate of drug-likeness (QED) is 0.761. The molecule has 2 saturated heterocycles. The van der Waals surface area contributed by atoms with E-state index < -0.39 is 0 Å². The summed E-state index contributed by atoms with van der Waals surface area (Å²) in [6, 6.07) is 7.33. The molecule has 0 aliphatic carbocycles. The maximum Gasteiger partial charge on any atom is 0.256 e. The number of para-hydroxylation sites is 1. The number of nitrogens with zero attached hydrogens (tertiary/aromatic N) is 7. The zero-order valence-electron chi connectivity index (χ0n) is 15.9. The molecule has 148 valence electrons. The molecule has 0 saturated carbocycles. The number of rotatable bonds is 4. The van der Waals surface area contributed by atoms with Gasteiger partial charge in [0.15, 0.2) is 0 Å². The maximum atomic E-state index is 13.0. The Morgan fingerprint density at radius 2 is 1.64 bits per heavy atom. The summed E-state index contributed by atoms with van der Waals surface area (Å²) in [6.07, 6.45) is 4.91. The maximum absolute atomic E-state index is 13.0. The van der Waals surface area contributed by atoms with Gasteiger partial charge >= 0.3 is 0 Å². The summed E-state index contributed by atoms with van der Waals surface area (Å²) in [5.74, 6) is 0.177. The van der Waals surface area contributed by atoms with Crippen LogP contribution in [-0.4, -0.2) is 92.5 Å². The van der Waals surface area contributed by atoms with Crippen LogP contribution in [0.25, 0.3) is 5.69 Å². The minimum absolute atomic E-state index is 0.0342. The lowest BCUT2D eigenvalue weighted by molar-refractivity contribution is -0.133. The highest BCUT2D eigenvalue weighted by atomic mass is 16.2. The summed E-state index contributed by atoms with van der Waals surface area (Å²) in [6.45, 7) is 4.84. The first-order valence-electron chi connectivity index (χ1n) is 9.84. The van der Waals surface area contributed by atoms with Gasteiger partial charge in [0.25, 0.3) is 5.91 Å². The number of benzene rings is 1. The SMILES string of the molecule is O=C(CN1CCN(C(=O)c2ccccc2-n2cnnn2)CC1)N1CCCCC1. The number of likely N-dealkylation sites (tertiary alicyclic amines) is 1. The average molecular weight is 383 g/mol. The lowest BCUT2D eigenvalue weighted by Crippen LogP contribution is -2.52. The number of hydrogen-bond acceptors (Lipinski definition) is 6. The number of amides is 2. The summed E-state index contributed by atoms with van der Waals surface area (Å²) < 4.78 is 1.50. The lowest BCUT2D eigenvalue weighted by Gasteiger charge is -2.36. The van der Waals surface area contributed by atoms with Crippen molar-refractivity contribution >= 4 is 11.8 Å². The van der Waals surface area contributed by atoms with Gasteiger partial charge in [-0.15, -0.1) is 5.10 Å². The molecule has 28 heavy (non-hydrogen) atoms. The molecule has 2 aliphatic rings. The number of aromatic nitrogens is 4. The highest BCUT2D eigenvalue weighted by Crippen LogP contribution is 2.17. The topological polar surface area (TPSA) is 87.5 Å². The fourth-order valence-corrected chi connectivity index (χ4v) is 3.84. The summed E-state index contributed by atoms with van der Waals surface area (Å²) >= 11 is 0. The molecule has 0 radical (unpaired) electrons. The zero-order chi connectivity index (χ0) is 19.3. The predicted molar refractivity (Wildman–Crippen MR) is 102 cm³/mol. The molecule has 0 unspecified atom stereocenters. The Morgan fingerprint density at radius 1 is 0.893 bits per heavy atom. The van der Waals surface area contributed by atoms with Crippen LogP contribution in [0.15, 0.2) is 30.6 Å². The second-order valence-electron chi connectivity index (χ2n) is 7.28. The first kappa shape index (κ1) is 18.5. The first-order valence-corrected chi connectivity index (χ1v) is 9.84. The number of tetrazole rings is 1. The Kier molecular flexibility index (Phi) is 5.61. The Balaban J connectivity index is 1.35. The average Bonchev–Trinajstić information content (AvgIpc) is 3.29. The van der Waals surface area contributed by atoms with Crippen LogP contribution in [-0.2, 0) is 4.79 Å². The normalized spacial score (nSPS) is 18.3. The van der Waals surface area contributed by atoms with Crippen LogP contribution < -0.4 is 0 Å². The molecule has 3 heterocycles. The number of hydrogen-bond donors (Lipinski definition) is 0. The third-order valence-corrected chi connectivity index (χ3v) is 5.46. The summed E-state index contributed by atoms with van der Waals surface area (Å²) in [4.78, 5) is 31.5. The van der Waals surface area contributed by atoms with Crippen LogP contribution >= 0.6 is 0 Å². The molecule has 2 aromatic rings. The van der Waals surface area contributed by atoms with Crippen LogP contribution in [0.4, 0.5) is 0 Å². The van der Waals surface area contributed by atoms with Crippen LogP contribution in [0.2, 0.25) is 0 Å². The van der Waals surface area contributed by atoms with Gasteiger partial charge in [0.2, 0.25) is 5.91 Å². The van der Waals surface area contributed by atoms with E-state index in [2.05, 4.69) is 20.4 Å². The molecule has 4 rings (SSSR count). The largest absolute Gasteiger partial charge is 0.342 e. The third-order valence-electron chi connectivity index (χ3n) is 5.46. The highest BCUT2D eigenvalue weighted by molar-refractivity contribution is 5.97. The van der Waals surface area contributed by atoms with Crippen molar-refractivity contribution in [3.8, 4) is 5.69 Å².